The third-order valence-corrected chi connectivity index (χ3v) is 6.60. The maximum Gasteiger partial charge on any atom is 0.223 e. The van der Waals surface area contributed by atoms with E-state index >= 15 is 0 Å². The number of likely N-dealkylation sites (tertiary alicyclic amines) is 1. The van der Waals surface area contributed by atoms with E-state index in [0.717, 1.165) is 37.4 Å². The third kappa shape index (κ3) is 9.43. The topological polar surface area (TPSA) is 95.9 Å². The van der Waals surface area contributed by atoms with Crippen LogP contribution in [0.25, 0.3) is 6.08 Å². The highest BCUT2D eigenvalue weighted by Crippen LogP contribution is 2.24. The fourth-order valence-electron chi connectivity index (χ4n) is 4.10. The SMILES string of the molecule is CC1CCC(NC(=O)C2CCN(C)CC2)CC1.CN/N=C(C=O)\C(Cl)=C\c1ccnc(OC)c1. The zero-order chi connectivity index (χ0) is 24.9. The lowest BCUT2D eigenvalue weighted by atomic mass is 9.86. The maximum absolute atomic E-state index is 12.1. The molecule has 0 atom stereocenters. The molecule has 0 radical (unpaired) electrons. The van der Waals surface area contributed by atoms with E-state index in [1.165, 1.54) is 32.8 Å². The Hall–Kier alpha value is -2.45. The molecule has 2 heterocycles. The summed E-state index contributed by atoms with van der Waals surface area (Å²) in [6.07, 6.45) is 10.8. The normalized spacial score (nSPS) is 22.3. The number of hydrazone groups is 1. The van der Waals surface area contributed by atoms with Gasteiger partial charge < -0.3 is 20.4 Å². The molecule has 1 aromatic rings. The van der Waals surface area contributed by atoms with Crippen LogP contribution in [0, 0.1) is 11.8 Å². The first-order valence-corrected chi connectivity index (χ1v) is 12.3. The Labute approximate surface area is 208 Å². The Bertz CT molecular complexity index is 845. The highest BCUT2D eigenvalue weighted by molar-refractivity contribution is 6.56. The van der Waals surface area contributed by atoms with Gasteiger partial charge in [-0.3, -0.25) is 9.59 Å². The number of carbonyl (C=O) groups excluding carboxylic acids is 2. The van der Waals surface area contributed by atoms with Gasteiger partial charge in [0.1, 0.15) is 5.71 Å². The van der Waals surface area contributed by atoms with Crippen LogP contribution in [0.4, 0.5) is 0 Å². The first-order valence-electron chi connectivity index (χ1n) is 11.9. The summed E-state index contributed by atoms with van der Waals surface area (Å²) in [5, 5.41) is 7.24. The van der Waals surface area contributed by atoms with Crippen LogP contribution in [0.5, 0.6) is 5.88 Å². The van der Waals surface area contributed by atoms with Gasteiger partial charge in [0.05, 0.1) is 12.1 Å². The molecule has 188 valence electrons. The van der Waals surface area contributed by atoms with Gasteiger partial charge in [-0.2, -0.15) is 5.10 Å². The molecule has 2 aliphatic rings. The van der Waals surface area contributed by atoms with E-state index in [2.05, 4.69) is 39.7 Å². The molecule has 1 amide bonds. The van der Waals surface area contributed by atoms with Gasteiger partial charge in [0.15, 0.2) is 6.29 Å². The number of nitrogens with zero attached hydrogens (tertiary/aromatic N) is 3. The van der Waals surface area contributed by atoms with Crippen molar-refractivity contribution in [3.8, 4) is 5.88 Å². The zero-order valence-corrected chi connectivity index (χ0v) is 21.5. The van der Waals surface area contributed by atoms with E-state index in [0.29, 0.717) is 24.1 Å². The number of nitrogens with one attached hydrogen (secondary N) is 2. The highest BCUT2D eigenvalue weighted by atomic mass is 35.5. The van der Waals surface area contributed by atoms with Gasteiger partial charge in [0, 0.05) is 31.3 Å². The Morgan fingerprint density at radius 1 is 1.24 bits per heavy atom. The zero-order valence-electron chi connectivity index (χ0n) is 20.7. The van der Waals surface area contributed by atoms with Gasteiger partial charge in [0.25, 0.3) is 0 Å². The summed E-state index contributed by atoms with van der Waals surface area (Å²) in [4.78, 5) is 29.1. The molecule has 2 fully saturated rings. The minimum absolute atomic E-state index is 0.130. The standard InChI is InChI=1S/C14H26N2O.C11H12ClN3O2/c1-11-3-5-13(6-4-11)15-14(17)12-7-9-16(2)10-8-12;1-13-15-10(7-16)9(12)5-8-3-4-14-11(6-8)17-2/h11-13H,3-10H2,1-2H3,(H,15,17);3-7,13H,1-2H3/b;9-5-,15-10-. The highest BCUT2D eigenvalue weighted by Gasteiger charge is 2.26. The smallest absolute Gasteiger partial charge is 0.223 e. The predicted molar refractivity (Wildman–Crippen MR) is 137 cm³/mol. The molecule has 8 nitrogen and oxygen atoms in total. The van der Waals surface area contributed by atoms with Crippen LogP contribution in [0.15, 0.2) is 28.5 Å². The quantitative estimate of drug-likeness (QED) is 0.344. The number of ether oxygens (including phenoxy) is 1. The first-order chi connectivity index (χ1) is 16.4. The molecule has 3 rings (SSSR count). The van der Waals surface area contributed by atoms with Crippen molar-refractivity contribution in [3.63, 3.8) is 0 Å². The number of rotatable bonds is 7. The van der Waals surface area contributed by atoms with E-state index in [1.807, 2.05) is 0 Å². The summed E-state index contributed by atoms with van der Waals surface area (Å²) in [7, 11) is 5.25. The molecule has 1 saturated heterocycles. The number of hydrogen-bond acceptors (Lipinski definition) is 7. The average molecular weight is 492 g/mol. The minimum Gasteiger partial charge on any atom is -0.481 e. The number of aromatic nitrogens is 1. The molecule has 0 unspecified atom stereocenters. The fourth-order valence-corrected chi connectivity index (χ4v) is 4.31. The van der Waals surface area contributed by atoms with Crippen LogP contribution in [-0.4, -0.2) is 68.1 Å². The monoisotopic (exact) mass is 491 g/mol. The van der Waals surface area contributed by atoms with Crippen molar-refractivity contribution in [1.29, 1.82) is 0 Å². The first kappa shape index (κ1) is 27.8. The second-order valence-corrected chi connectivity index (χ2v) is 9.41. The lowest BCUT2D eigenvalue weighted by Crippen LogP contribution is -2.44. The van der Waals surface area contributed by atoms with Gasteiger partial charge in [-0.15, -0.1) is 0 Å². The third-order valence-electron chi connectivity index (χ3n) is 6.30. The molecule has 0 aromatic carbocycles. The van der Waals surface area contributed by atoms with Crippen molar-refractivity contribution in [3.05, 3.63) is 28.9 Å². The number of amides is 1. The van der Waals surface area contributed by atoms with Crippen LogP contribution >= 0.6 is 11.6 Å². The molecule has 9 heteroatoms. The second-order valence-electron chi connectivity index (χ2n) is 9.01. The number of methoxy groups -OCH3 is 1. The molecule has 2 N–H and O–H groups in total. The summed E-state index contributed by atoms with van der Waals surface area (Å²) in [6.45, 7) is 4.45. The van der Waals surface area contributed by atoms with Gasteiger partial charge >= 0.3 is 0 Å². The molecule has 1 aliphatic carbocycles. The molecule has 1 aliphatic heterocycles. The Morgan fingerprint density at radius 3 is 2.50 bits per heavy atom. The minimum atomic E-state index is 0.130. The van der Waals surface area contributed by atoms with Crippen molar-refractivity contribution < 1.29 is 14.3 Å². The number of carbonyl (C=O) groups is 2. The van der Waals surface area contributed by atoms with Gasteiger partial charge in [-0.1, -0.05) is 18.5 Å². The number of piperidine rings is 1. The van der Waals surface area contributed by atoms with Crippen LogP contribution < -0.4 is 15.5 Å². The lowest BCUT2D eigenvalue weighted by molar-refractivity contribution is -0.127. The summed E-state index contributed by atoms with van der Waals surface area (Å²) >= 11 is 5.95. The average Bonchev–Trinajstić information content (AvgIpc) is 2.84. The molecular weight excluding hydrogens is 454 g/mol. The molecule has 0 spiro atoms. The van der Waals surface area contributed by atoms with E-state index < -0.39 is 0 Å². The van der Waals surface area contributed by atoms with Crippen LogP contribution in [0.2, 0.25) is 0 Å². The molecule has 34 heavy (non-hydrogen) atoms. The van der Waals surface area contributed by atoms with Crippen LogP contribution in [0.1, 0.15) is 51.0 Å². The Balaban J connectivity index is 0.000000240. The van der Waals surface area contributed by atoms with Gasteiger partial charge in [-0.05, 0) is 82.3 Å². The summed E-state index contributed by atoms with van der Waals surface area (Å²) in [5.41, 5.74) is 3.40. The molecule has 0 bridgehead atoms. The second kappa shape index (κ2) is 14.7. The Kier molecular flexibility index (Phi) is 12.0. The lowest BCUT2D eigenvalue weighted by Gasteiger charge is -2.31. The van der Waals surface area contributed by atoms with Crippen molar-refractivity contribution in [1.82, 2.24) is 20.6 Å². The van der Waals surface area contributed by atoms with Crippen LogP contribution in [-0.2, 0) is 9.59 Å². The van der Waals surface area contributed by atoms with Gasteiger partial charge in [-0.25, -0.2) is 4.98 Å². The number of aldehydes is 1. The summed E-state index contributed by atoms with van der Waals surface area (Å²) in [6, 6.07) is 3.90. The predicted octanol–water partition coefficient (Wildman–Crippen LogP) is 3.47. The fraction of sp³-hybridized carbons (Fsp3) is 0.600. The van der Waals surface area contributed by atoms with Crippen molar-refractivity contribution in [2.45, 2.75) is 51.5 Å². The van der Waals surface area contributed by atoms with Crippen molar-refractivity contribution in [2.75, 3.05) is 34.3 Å². The maximum atomic E-state index is 12.1. The number of halogens is 1. The largest absolute Gasteiger partial charge is 0.481 e. The number of allylic oxidation sites excluding steroid dienone is 1. The van der Waals surface area contributed by atoms with E-state index in [1.54, 1.807) is 31.5 Å². The van der Waals surface area contributed by atoms with Gasteiger partial charge in [0.2, 0.25) is 11.8 Å². The summed E-state index contributed by atoms with van der Waals surface area (Å²) in [5.74, 6) is 1.91. The van der Waals surface area contributed by atoms with E-state index in [9.17, 15) is 9.59 Å². The van der Waals surface area contributed by atoms with E-state index in [4.69, 9.17) is 16.3 Å². The number of hydrogen-bond donors (Lipinski definition) is 2. The molecule has 1 aromatic heterocycles. The van der Waals surface area contributed by atoms with Crippen LogP contribution in [0.3, 0.4) is 0 Å². The van der Waals surface area contributed by atoms with Crippen molar-refractivity contribution in [2.24, 2.45) is 16.9 Å². The molecule has 1 saturated carbocycles. The Morgan fingerprint density at radius 2 is 1.91 bits per heavy atom. The number of pyridine rings is 1. The summed E-state index contributed by atoms with van der Waals surface area (Å²) < 4.78 is 4.98. The van der Waals surface area contributed by atoms with Crippen molar-refractivity contribution >= 4 is 35.6 Å². The molecular formula is C25H38ClN5O3. The van der Waals surface area contributed by atoms with E-state index in [-0.39, 0.29) is 16.7 Å².